The molecule has 0 saturated heterocycles. The zero-order valence-corrected chi connectivity index (χ0v) is 11.3. The van der Waals surface area contributed by atoms with Crippen molar-refractivity contribution in [2.45, 2.75) is 19.5 Å². The van der Waals surface area contributed by atoms with Crippen LogP contribution in [0.4, 0.5) is 5.95 Å². The summed E-state index contributed by atoms with van der Waals surface area (Å²) in [6, 6.07) is 4.86. The van der Waals surface area contributed by atoms with E-state index in [1.165, 1.54) is 6.07 Å². The molecule has 7 heteroatoms. The van der Waals surface area contributed by atoms with Gasteiger partial charge in [-0.3, -0.25) is 14.7 Å². The Morgan fingerprint density at radius 2 is 2.19 bits per heavy atom. The van der Waals surface area contributed by atoms with Crippen LogP contribution in [0.15, 0.2) is 23.0 Å². The Kier molecular flexibility index (Phi) is 3.26. The molecule has 1 aromatic carbocycles. The number of H-pyrrole nitrogens is 1. The van der Waals surface area contributed by atoms with Crippen molar-refractivity contribution in [1.29, 1.82) is 0 Å². The monoisotopic (exact) mass is 288 g/mol. The van der Waals surface area contributed by atoms with E-state index in [2.05, 4.69) is 9.97 Å². The van der Waals surface area contributed by atoms with E-state index in [0.717, 1.165) is 5.69 Å². The average Bonchev–Trinajstić information content (AvgIpc) is 2.44. The Hall–Kier alpha value is -2.54. The fourth-order valence-corrected chi connectivity index (χ4v) is 2.58. The van der Waals surface area contributed by atoms with Gasteiger partial charge in [0, 0.05) is 31.6 Å². The minimum Gasteiger partial charge on any atom is -0.504 e. The number of aromatic nitrogens is 2. The predicted octanol–water partition coefficient (Wildman–Crippen LogP) is 0.322. The summed E-state index contributed by atoms with van der Waals surface area (Å²) in [5.74, 6) is -0.123. The summed E-state index contributed by atoms with van der Waals surface area (Å²) >= 11 is 0. The number of anilines is 1. The third kappa shape index (κ3) is 2.55. The van der Waals surface area contributed by atoms with Crippen LogP contribution in [0.25, 0.3) is 0 Å². The van der Waals surface area contributed by atoms with Crippen molar-refractivity contribution < 1.29 is 10.2 Å². The van der Waals surface area contributed by atoms with Gasteiger partial charge < -0.3 is 15.9 Å². The van der Waals surface area contributed by atoms with Crippen LogP contribution in [0.5, 0.6) is 11.5 Å². The van der Waals surface area contributed by atoms with Gasteiger partial charge in [-0.15, -0.1) is 0 Å². The van der Waals surface area contributed by atoms with Crippen LogP contribution in [-0.2, 0) is 19.5 Å². The van der Waals surface area contributed by atoms with E-state index in [1.54, 1.807) is 12.1 Å². The van der Waals surface area contributed by atoms with Crippen LogP contribution in [0.3, 0.4) is 0 Å². The maximum Gasteiger partial charge on any atom is 0.257 e. The highest BCUT2D eigenvalue weighted by Gasteiger charge is 2.21. The highest BCUT2D eigenvalue weighted by molar-refractivity contribution is 5.44. The predicted molar refractivity (Wildman–Crippen MR) is 76.9 cm³/mol. The number of nitrogens with one attached hydrogen (secondary N) is 1. The molecule has 0 bridgehead atoms. The number of benzene rings is 1. The smallest absolute Gasteiger partial charge is 0.257 e. The molecule has 0 atom stereocenters. The topological polar surface area (TPSA) is 115 Å². The Morgan fingerprint density at radius 3 is 3.00 bits per heavy atom. The van der Waals surface area contributed by atoms with Crippen molar-refractivity contribution in [2.24, 2.45) is 0 Å². The number of phenols is 2. The molecule has 1 aromatic heterocycles. The number of rotatable bonds is 2. The second-order valence-corrected chi connectivity index (χ2v) is 5.12. The molecule has 5 N–H and O–H groups in total. The number of para-hydroxylation sites is 1. The number of hydrogen-bond acceptors (Lipinski definition) is 6. The third-order valence-corrected chi connectivity index (χ3v) is 3.66. The van der Waals surface area contributed by atoms with E-state index in [-0.39, 0.29) is 23.0 Å². The van der Waals surface area contributed by atoms with Crippen molar-refractivity contribution in [3.63, 3.8) is 0 Å². The summed E-state index contributed by atoms with van der Waals surface area (Å²) in [5.41, 5.74) is 7.28. The molecule has 0 unspecified atom stereocenters. The fraction of sp³-hybridized carbons (Fsp3) is 0.286. The van der Waals surface area contributed by atoms with Crippen molar-refractivity contribution in [3.8, 4) is 11.5 Å². The van der Waals surface area contributed by atoms with Gasteiger partial charge in [-0.05, 0) is 6.07 Å². The maximum atomic E-state index is 11.9. The first kappa shape index (κ1) is 13.4. The molecule has 0 amide bonds. The molecule has 2 heterocycles. The summed E-state index contributed by atoms with van der Waals surface area (Å²) < 4.78 is 0. The second-order valence-electron chi connectivity index (χ2n) is 5.12. The van der Waals surface area contributed by atoms with Crippen molar-refractivity contribution >= 4 is 5.95 Å². The van der Waals surface area contributed by atoms with Crippen LogP contribution < -0.4 is 11.3 Å². The summed E-state index contributed by atoms with van der Waals surface area (Å²) in [6.07, 6.45) is 0.628. The number of hydrogen-bond donors (Lipinski definition) is 4. The Labute approximate surface area is 120 Å². The number of nitrogens with two attached hydrogens (primary N) is 1. The average molecular weight is 288 g/mol. The molecule has 3 rings (SSSR count). The van der Waals surface area contributed by atoms with E-state index in [4.69, 9.17) is 5.73 Å². The van der Waals surface area contributed by atoms with E-state index in [0.29, 0.717) is 37.2 Å². The van der Waals surface area contributed by atoms with E-state index in [1.807, 2.05) is 4.90 Å². The van der Waals surface area contributed by atoms with Crippen LogP contribution >= 0.6 is 0 Å². The number of aromatic amines is 1. The highest BCUT2D eigenvalue weighted by atomic mass is 16.3. The number of fused-ring (bicyclic) bond motifs is 1. The Balaban J connectivity index is 1.84. The number of nitrogens with zero attached hydrogens (tertiary/aromatic N) is 2. The van der Waals surface area contributed by atoms with Crippen LogP contribution in [-0.4, -0.2) is 31.6 Å². The standard InChI is InChI=1S/C14H16N4O3/c15-14-16-10-4-5-18(7-9(10)13(21)17-14)6-8-2-1-3-11(19)12(8)20/h1-3,19-20H,4-7H2,(H3,15,16,17,21). The lowest BCUT2D eigenvalue weighted by molar-refractivity contribution is 0.238. The number of nitrogen functional groups attached to an aromatic ring is 1. The van der Waals surface area contributed by atoms with Gasteiger partial charge in [0.2, 0.25) is 5.95 Å². The van der Waals surface area contributed by atoms with Gasteiger partial charge in [0.15, 0.2) is 11.5 Å². The molecule has 0 fully saturated rings. The molecule has 7 nitrogen and oxygen atoms in total. The Morgan fingerprint density at radius 1 is 1.38 bits per heavy atom. The quantitative estimate of drug-likeness (QED) is 0.592. The largest absolute Gasteiger partial charge is 0.504 e. The molecule has 1 aliphatic heterocycles. The number of aromatic hydroxyl groups is 2. The van der Waals surface area contributed by atoms with Gasteiger partial charge >= 0.3 is 0 Å². The van der Waals surface area contributed by atoms with Gasteiger partial charge in [-0.25, -0.2) is 4.98 Å². The highest BCUT2D eigenvalue weighted by Crippen LogP contribution is 2.30. The molecule has 0 saturated carbocycles. The van der Waals surface area contributed by atoms with Crippen molar-refractivity contribution in [1.82, 2.24) is 14.9 Å². The first-order valence-corrected chi connectivity index (χ1v) is 6.64. The molecule has 1 aliphatic rings. The van der Waals surface area contributed by atoms with E-state index < -0.39 is 0 Å². The van der Waals surface area contributed by atoms with Crippen LogP contribution in [0.2, 0.25) is 0 Å². The van der Waals surface area contributed by atoms with Crippen LogP contribution in [0, 0.1) is 0 Å². The molecule has 0 spiro atoms. The normalized spacial score (nSPS) is 14.9. The second kappa shape index (κ2) is 5.10. The van der Waals surface area contributed by atoms with Crippen molar-refractivity contribution in [2.75, 3.05) is 12.3 Å². The molecule has 110 valence electrons. The van der Waals surface area contributed by atoms with Crippen LogP contribution in [0.1, 0.15) is 16.8 Å². The van der Waals surface area contributed by atoms with E-state index >= 15 is 0 Å². The van der Waals surface area contributed by atoms with Crippen molar-refractivity contribution in [3.05, 3.63) is 45.4 Å². The molecular formula is C14H16N4O3. The molecule has 0 aliphatic carbocycles. The maximum absolute atomic E-state index is 11.9. The molecule has 2 aromatic rings. The number of phenolic OH excluding ortho intramolecular Hbond substituents is 2. The molecule has 21 heavy (non-hydrogen) atoms. The fourth-order valence-electron chi connectivity index (χ4n) is 2.58. The van der Waals surface area contributed by atoms with Gasteiger partial charge in [0.1, 0.15) is 0 Å². The minimum atomic E-state index is -0.220. The van der Waals surface area contributed by atoms with Gasteiger partial charge in [0.05, 0.1) is 11.3 Å². The summed E-state index contributed by atoms with van der Waals surface area (Å²) in [5, 5.41) is 19.4. The zero-order valence-electron chi connectivity index (χ0n) is 11.3. The zero-order chi connectivity index (χ0) is 15.0. The first-order chi connectivity index (χ1) is 10.0. The molecule has 0 radical (unpaired) electrons. The summed E-state index contributed by atoms with van der Waals surface area (Å²) in [6.45, 7) is 1.59. The van der Waals surface area contributed by atoms with Gasteiger partial charge in [-0.1, -0.05) is 12.1 Å². The van der Waals surface area contributed by atoms with E-state index in [9.17, 15) is 15.0 Å². The third-order valence-electron chi connectivity index (χ3n) is 3.66. The lowest BCUT2D eigenvalue weighted by Gasteiger charge is -2.27. The van der Waals surface area contributed by atoms with Gasteiger partial charge in [-0.2, -0.15) is 0 Å². The lowest BCUT2D eigenvalue weighted by Crippen LogP contribution is -2.35. The molecular weight excluding hydrogens is 272 g/mol. The van der Waals surface area contributed by atoms with Gasteiger partial charge in [0.25, 0.3) is 5.56 Å². The lowest BCUT2D eigenvalue weighted by atomic mass is 10.1. The minimum absolute atomic E-state index is 0.118. The Bertz CT molecular complexity index is 741. The summed E-state index contributed by atoms with van der Waals surface area (Å²) in [7, 11) is 0. The first-order valence-electron chi connectivity index (χ1n) is 6.64. The summed E-state index contributed by atoms with van der Waals surface area (Å²) in [4.78, 5) is 20.6. The SMILES string of the molecule is Nc1nc2c(c(=O)[nH]1)CN(Cc1cccc(O)c1O)CC2.